The van der Waals surface area contributed by atoms with Crippen LogP contribution in [0.2, 0.25) is 10.0 Å². The molecular weight excluding hydrogens is 643 g/mol. The molecule has 0 bridgehead atoms. The Morgan fingerprint density at radius 1 is 1.04 bits per heavy atom. The number of rotatable bonds is 11. The second kappa shape index (κ2) is 14.7. The first kappa shape index (κ1) is 33.5. The second-order valence-electron chi connectivity index (χ2n) is 11.2. The first-order chi connectivity index (χ1) is 22.1. The van der Waals surface area contributed by atoms with Crippen molar-refractivity contribution in [3.63, 3.8) is 0 Å². The summed E-state index contributed by atoms with van der Waals surface area (Å²) < 4.78 is 19.2. The molecule has 1 aliphatic heterocycles. The number of hydrogen-bond donors (Lipinski definition) is 0. The van der Waals surface area contributed by atoms with E-state index in [1.54, 1.807) is 42.9 Å². The van der Waals surface area contributed by atoms with Crippen molar-refractivity contribution in [2.24, 2.45) is 4.99 Å². The van der Waals surface area contributed by atoms with Crippen molar-refractivity contribution in [1.29, 1.82) is 0 Å². The maximum atomic E-state index is 14.1. The molecule has 10 heteroatoms. The number of nitrogens with zero attached hydrogens (tertiary/aromatic N) is 2. The van der Waals surface area contributed by atoms with Crippen molar-refractivity contribution < 1.29 is 19.0 Å². The molecule has 0 fully saturated rings. The van der Waals surface area contributed by atoms with E-state index >= 15 is 0 Å². The number of halogens is 2. The van der Waals surface area contributed by atoms with Crippen molar-refractivity contribution in [1.82, 2.24) is 4.57 Å². The van der Waals surface area contributed by atoms with Crippen molar-refractivity contribution in [3.05, 3.63) is 124 Å². The number of hydrogen-bond acceptors (Lipinski definition) is 7. The number of methoxy groups -OCH3 is 1. The number of esters is 1. The lowest BCUT2D eigenvalue weighted by molar-refractivity contribution is -0.139. The first-order valence-corrected chi connectivity index (χ1v) is 16.8. The van der Waals surface area contributed by atoms with E-state index in [0.29, 0.717) is 54.5 Å². The molecule has 2 heterocycles. The van der Waals surface area contributed by atoms with Crippen LogP contribution in [0.25, 0.3) is 6.08 Å². The van der Waals surface area contributed by atoms with Crippen molar-refractivity contribution in [2.75, 3.05) is 13.7 Å². The van der Waals surface area contributed by atoms with Crippen LogP contribution >= 0.6 is 34.5 Å². The van der Waals surface area contributed by atoms with Gasteiger partial charge >= 0.3 is 5.97 Å². The largest absolute Gasteiger partial charge is 0.493 e. The minimum Gasteiger partial charge on any atom is -0.493 e. The number of benzene rings is 3. The smallest absolute Gasteiger partial charge is 0.338 e. The predicted octanol–water partition coefficient (Wildman–Crippen LogP) is 7.60. The Hall–Kier alpha value is -3.85. The van der Waals surface area contributed by atoms with Gasteiger partial charge in [-0.1, -0.05) is 98.1 Å². The summed E-state index contributed by atoms with van der Waals surface area (Å²) in [5.41, 5.74) is 4.35. The van der Waals surface area contributed by atoms with Gasteiger partial charge in [-0.15, -0.1) is 0 Å². The third kappa shape index (κ3) is 7.09. The Balaban J connectivity index is 1.57. The van der Waals surface area contributed by atoms with Gasteiger partial charge in [0.1, 0.15) is 6.61 Å². The fourth-order valence-electron chi connectivity index (χ4n) is 5.34. The van der Waals surface area contributed by atoms with Gasteiger partial charge < -0.3 is 14.2 Å². The molecule has 4 aromatic rings. The van der Waals surface area contributed by atoms with Crippen LogP contribution in [-0.2, 0) is 16.1 Å². The number of aromatic nitrogens is 1. The zero-order valence-corrected chi connectivity index (χ0v) is 28.8. The van der Waals surface area contributed by atoms with E-state index in [1.165, 1.54) is 16.9 Å². The normalized spacial score (nSPS) is 14.7. The lowest BCUT2D eigenvalue weighted by Gasteiger charge is -2.26. The highest BCUT2D eigenvalue weighted by Crippen LogP contribution is 2.34. The minimum atomic E-state index is -0.662. The van der Waals surface area contributed by atoms with Crippen molar-refractivity contribution in [2.45, 2.75) is 59.1 Å². The van der Waals surface area contributed by atoms with Crippen LogP contribution in [0.5, 0.6) is 11.5 Å². The zero-order valence-electron chi connectivity index (χ0n) is 26.4. The quantitative estimate of drug-likeness (QED) is 0.153. The fourth-order valence-corrected chi connectivity index (χ4v) is 6.82. The highest BCUT2D eigenvalue weighted by atomic mass is 35.5. The van der Waals surface area contributed by atoms with Crippen molar-refractivity contribution in [3.8, 4) is 11.5 Å². The third-order valence-corrected chi connectivity index (χ3v) is 9.26. The molecule has 0 saturated carbocycles. The van der Waals surface area contributed by atoms with E-state index in [1.807, 2.05) is 37.3 Å². The molecule has 240 valence electrons. The summed E-state index contributed by atoms with van der Waals surface area (Å²) in [4.78, 5) is 33.0. The van der Waals surface area contributed by atoms with Gasteiger partial charge in [-0.2, -0.15) is 0 Å². The topological polar surface area (TPSA) is 79.1 Å². The molecule has 0 amide bonds. The van der Waals surface area contributed by atoms with E-state index in [9.17, 15) is 9.59 Å². The number of allylic oxidation sites excluding steroid dienone is 1. The molecule has 0 aliphatic carbocycles. The lowest BCUT2D eigenvalue weighted by atomic mass is 9.92. The number of carbonyl (C=O) groups excluding carboxylic acids is 1. The Bertz CT molecular complexity index is 1960. The summed E-state index contributed by atoms with van der Waals surface area (Å²) in [6.45, 7) is 8.52. The van der Waals surface area contributed by atoms with Gasteiger partial charge in [0.2, 0.25) is 0 Å². The summed E-state index contributed by atoms with van der Waals surface area (Å²) in [7, 11) is 1.56. The molecule has 1 atom stereocenters. The van der Waals surface area contributed by atoms with E-state index in [4.69, 9.17) is 42.4 Å². The molecule has 0 N–H and O–H groups in total. The molecular formula is C36H36Cl2N2O5S. The molecule has 0 saturated heterocycles. The van der Waals surface area contributed by atoms with Crippen LogP contribution in [0.3, 0.4) is 0 Å². The Morgan fingerprint density at radius 2 is 1.80 bits per heavy atom. The maximum Gasteiger partial charge on any atom is 0.338 e. The zero-order chi connectivity index (χ0) is 33.0. The van der Waals surface area contributed by atoms with Gasteiger partial charge in [-0.3, -0.25) is 9.36 Å². The van der Waals surface area contributed by atoms with Crippen LogP contribution < -0.4 is 24.4 Å². The molecule has 46 heavy (non-hydrogen) atoms. The molecule has 3 aromatic carbocycles. The maximum absolute atomic E-state index is 14.1. The highest BCUT2D eigenvalue weighted by molar-refractivity contribution is 7.07. The highest BCUT2D eigenvalue weighted by Gasteiger charge is 2.34. The predicted molar refractivity (Wildman–Crippen MR) is 184 cm³/mol. The number of thiazole rings is 1. The van der Waals surface area contributed by atoms with Crippen LogP contribution in [0, 0.1) is 0 Å². The molecule has 0 spiro atoms. The molecule has 0 radical (unpaired) electrons. The lowest BCUT2D eigenvalue weighted by Crippen LogP contribution is -2.40. The average Bonchev–Trinajstić information content (AvgIpc) is 3.34. The Labute approximate surface area is 282 Å². The van der Waals surface area contributed by atoms with Crippen LogP contribution in [0.4, 0.5) is 0 Å². The summed E-state index contributed by atoms with van der Waals surface area (Å²) in [6.07, 6.45) is 3.17. The molecule has 7 nitrogen and oxygen atoms in total. The molecule has 5 rings (SSSR count). The monoisotopic (exact) mass is 678 g/mol. The third-order valence-electron chi connectivity index (χ3n) is 7.69. The van der Waals surface area contributed by atoms with E-state index < -0.39 is 12.0 Å². The van der Waals surface area contributed by atoms with E-state index in [2.05, 4.69) is 26.0 Å². The average molecular weight is 680 g/mol. The Morgan fingerprint density at radius 3 is 2.46 bits per heavy atom. The standard InChI is InChI=1S/C36H36Cl2N2O5S/c1-6-8-28-32(35(42)44-7-2)33(24-12-10-23(11-13-24)21(3)4)40-34(41)31(46-36(40)39-28)18-22-9-16-29(30(17-22)43-5)45-20-25-14-15-26(37)19-27(25)38/h9-19,21,33H,6-8,20H2,1-5H3/b31-18-/t33-/m1/s1. The Kier molecular flexibility index (Phi) is 10.7. The molecule has 1 aromatic heterocycles. The summed E-state index contributed by atoms with van der Waals surface area (Å²) in [5.74, 6) is 0.919. The van der Waals surface area contributed by atoms with E-state index in [-0.39, 0.29) is 18.8 Å². The SMILES string of the molecule is CCCC1=C(C(=O)OCC)[C@@H](c2ccc(C(C)C)cc2)n2c(s/c(=C\c3ccc(OCc4ccc(Cl)cc4Cl)c(OC)c3)c2=O)=N1. The van der Waals surface area contributed by atoms with Gasteiger partial charge in [0.25, 0.3) is 5.56 Å². The van der Waals surface area contributed by atoms with Gasteiger partial charge in [-0.25, -0.2) is 9.79 Å². The van der Waals surface area contributed by atoms with Crippen LogP contribution in [-0.4, -0.2) is 24.3 Å². The van der Waals surface area contributed by atoms with Gasteiger partial charge in [0.05, 0.1) is 35.6 Å². The van der Waals surface area contributed by atoms with Gasteiger partial charge in [0, 0.05) is 15.6 Å². The first-order valence-electron chi connectivity index (χ1n) is 15.2. The van der Waals surface area contributed by atoms with E-state index in [0.717, 1.165) is 23.1 Å². The number of fused-ring (bicyclic) bond motifs is 1. The van der Waals surface area contributed by atoms with Crippen molar-refractivity contribution >= 4 is 46.6 Å². The van der Waals surface area contributed by atoms with Gasteiger partial charge in [-0.05, 0) is 66.3 Å². The van der Waals surface area contributed by atoms with Crippen LogP contribution in [0.1, 0.15) is 74.8 Å². The fraction of sp³-hybridized carbons (Fsp3) is 0.306. The molecule has 0 unspecified atom stereocenters. The summed E-state index contributed by atoms with van der Waals surface area (Å²) in [6, 6.07) is 18.1. The summed E-state index contributed by atoms with van der Waals surface area (Å²) >= 11 is 13.6. The molecule has 1 aliphatic rings. The van der Waals surface area contributed by atoms with Crippen LogP contribution in [0.15, 0.2) is 81.7 Å². The number of ether oxygens (including phenoxy) is 3. The summed E-state index contributed by atoms with van der Waals surface area (Å²) in [5, 5.41) is 1.07. The second-order valence-corrected chi connectivity index (χ2v) is 13.0. The van der Waals surface area contributed by atoms with Gasteiger partial charge in [0.15, 0.2) is 16.3 Å². The minimum absolute atomic E-state index is 0.222. The number of carbonyl (C=O) groups is 1.